The van der Waals surface area contributed by atoms with Gasteiger partial charge in [0.05, 0.1) is 18.3 Å². The molecule has 4 rings (SSSR count). The second-order valence-electron chi connectivity index (χ2n) is 6.63. The summed E-state index contributed by atoms with van der Waals surface area (Å²) in [5.41, 5.74) is 1.76. The minimum Gasteiger partial charge on any atom is -0.315 e. The first-order valence-electron chi connectivity index (χ1n) is 8.64. The maximum atomic E-state index is 14.5. The number of hydrogen-bond acceptors (Lipinski definition) is 4. The molecule has 136 valence electrons. The van der Waals surface area contributed by atoms with Crippen molar-refractivity contribution in [1.29, 1.82) is 0 Å². The van der Waals surface area contributed by atoms with Crippen molar-refractivity contribution in [3.05, 3.63) is 46.6 Å². The molecule has 1 fully saturated rings. The van der Waals surface area contributed by atoms with Gasteiger partial charge in [-0.1, -0.05) is 12.1 Å². The van der Waals surface area contributed by atoms with Gasteiger partial charge in [0.25, 0.3) is 0 Å². The van der Waals surface area contributed by atoms with Crippen LogP contribution in [0.15, 0.2) is 24.4 Å². The van der Waals surface area contributed by atoms with Gasteiger partial charge in [-0.2, -0.15) is 4.98 Å². The van der Waals surface area contributed by atoms with E-state index < -0.39 is 5.82 Å². The number of nitrogens with one attached hydrogen (secondary N) is 1. The summed E-state index contributed by atoms with van der Waals surface area (Å²) < 4.78 is 14.5. The number of amides is 2. The number of urea groups is 1. The molecular formula is C18H19ClFN5O. The van der Waals surface area contributed by atoms with Crippen LogP contribution in [0.3, 0.4) is 0 Å². The van der Waals surface area contributed by atoms with Gasteiger partial charge >= 0.3 is 6.03 Å². The molecule has 8 heteroatoms. The fraction of sp³-hybridized carbons (Fsp3) is 0.389. The molecule has 2 amide bonds. The Morgan fingerprint density at radius 2 is 2.23 bits per heavy atom. The first kappa shape index (κ1) is 17.2. The van der Waals surface area contributed by atoms with E-state index in [2.05, 4.69) is 15.3 Å². The van der Waals surface area contributed by atoms with Crippen molar-refractivity contribution in [2.75, 3.05) is 22.9 Å². The molecule has 26 heavy (non-hydrogen) atoms. The molecule has 2 aliphatic rings. The van der Waals surface area contributed by atoms with Crippen LogP contribution in [-0.4, -0.2) is 35.1 Å². The Bertz CT molecular complexity index is 835. The van der Waals surface area contributed by atoms with Gasteiger partial charge in [-0.3, -0.25) is 9.80 Å². The molecule has 0 unspecified atom stereocenters. The molecule has 2 aliphatic heterocycles. The maximum Gasteiger partial charge on any atom is 0.330 e. The largest absolute Gasteiger partial charge is 0.330 e. The normalized spacial score (nSPS) is 20.3. The molecule has 1 saturated heterocycles. The summed E-state index contributed by atoms with van der Waals surface area (Å²) in [4.78, 5) is 24.8. The lowest BCUT2D eigenvalue weighted by molar-refractivity contribution is 0.245. The molecule has 0 bridgehead atoms. The number of aromatic nitrogens is 2. The minimum atomic E-state index is -0.418. The summed E-state index contributed by atoms with van der Waals surface area (Å²) in [6, 6.07) is 4.47. The van der Waals surface area contributed by atoms with Crippen LogP contribution in [0, 0.1) is 12.7 Å². The Balaban J connectivity index is 1.82. The van der Waals surface area contributed by atoms with Gasteiger partial charge in [0, 0.05) is 18.3 Å². The van der Waals surface area contributed by atoms with Crippen LogP contribution in [-0.2, 0) is 6.54 Å². The molecule has 0 aliphatic carbocycles. The smallest absolute Gasteiger partial charge is 0.315 e. The van der Waals surface area contributed by atoms with Gasteiger partial charge < -0.3 is 5.32 Å². The fourth-order valence-corrected chi connectivity index (χ4v) is 3.81. The molecule has 3 heterocycles. The summed E-state index contributed by atoms with van der Waals surface area (Å²) in [6.07, 6.45) is 3.43. The van der Waals surface area contributed by atoms with Crippen molar-refractivity contribution in [3.8, 4) is 0 Å². The third-order valence-corrected chi connectivity index (χ3v) is 5.08. The highest BCUT2D eigenvalue weighted by Crippen LogP contribution is 2.35. The zero-order valence-electron chi connectivity index (χ0n) is 14.4. The lowest BCUT2D eigenvalue weighted by Gasteiger charge is -2.41. The minimum absolute atomic E-state index is 0.0594. The molecule has 0 saturated carbocycles. The molecular weight excluding hydrogens is 357 g/mol. The number of fused-ring (bicyclic) bond motifs is 1. The second kappa shape index (κ2) is 6.81. The van der Waals surface area contributed by atoms with E-state index in [0.29, 0.717) is 23.6 Å². The predicted octanol–water partition coefficient (Wildman–Crippen LogP) is 3.28. The number of benzene rings is 1. The quantitative estimate of drug-likeness (QED) is 0.818. The van der Waals surface area contributed by atoms with E-state index in [9.17, 15) is 9.18 Å². The summed E-state index contributed by atoms with van der Waals surface area (Å²) >= 11 is 5.98. The van der Waals surface area contributed by atoms with E-state index in [1.807, 2.05) is 0 Å². The van der Waals surface area contributed by atoms with E-state index in [1.165, 1.54) is 11.0 Å². The first-order valence-corrected chi connectivity index (χ1v) is 9.02. The Labute approximate surface area is 156 Å². The van der Waals surface area contributed by atoms with E-state index in [1.54, 1.807) is 30.2 Å². The third kappa shape index (κ3) is 2.91. The van der Waals surface area contributed by atoms with Crippen LogP contribution >= 0.6 is 11.6 Å². The highest BCUT2D eigenvalue weighted by atomic mass is 35.5. The fourth-order valence-electron chi connectivity index (χ4n) is 3.68. The molecule has 2 aromatic rings. The van der Waals surface area contributed by atoms with Crippen molar-refractivity contribution in [1.82, 2.24) is 15.3 Å². The average molecular weight is 376 g/mol. The van der Waals surface area contributed by atoms with Crippen molar-refractivity contribution in [2.45, 2.75) is 32.4 Å². The number of aryl methyl sites for hydroxylation is 1. The Morgan fingerprint density at radius 1 is 1.38 bits per heavy atom. The number of para-hydroxylation sites is 1. The number of carbonyl (C=O) groups excluding carboxylic acids is 1. The van der Waals surface area contributed by atoms with Gasteiger partial charge in [-0.25, -0.2) is 14.2 Å². The van der Waals surface area contributed by atoms with Gasteiger partial charge in [0.2, 0.25) is 5.28 Å². The number of anilines is 2. The number of nitrogens with zero attached hydrogens (tertiary/aromatic N) is 4. The highest BCUT2D eigenvalue weighted by molar-refractivity contribution is 6.28. The average Bonchev–Trinajstić information content (AvgIpc) is 2.63. The molecule has 6 nitrogen and oxygen atoms in total. The predicted molar refractivity (Wildman–Crippen MR) is 98.1 cm³/mol. The SMILES string of the molecule is Cc1cccc(F)c1N1Cc2cnc(Cl)nc2N([C@H]2CCCNC2)C1=O. The van der Waals surface area contributed by atoms with Crippen molar-refractivity contribution in [2.24, 2.45) is 0 Å². The Kier molecular flexibility index (Phi) is 4.50. The lowest BCUT2D eigenvalue weighted by Crippen LogP contribution is -2.56. The topological polar surface area (TPSA) is 61.4 Å². The van der Waals surface area contributed by atoms with Crippen LogP contribution in [0.2, 0.25) is 5.28 Å². The summed E-state index contributed by atoms with van der Waals surface area (Å²) in [6.45, 7) is 3.60. The number of hydrogen-bond donors (Lipinski definition) is 1. The first-order chi connectivity index (χ1) is 12.6. The van der Waals surface area contributed by atoms with Gasteiger partial charge in [0.15, 0.2) is 0 Å². The van der Waals surface area contributed by atoms with Gasteiger partial charge in [0.1, 0.15) is 11.6 Å². The Morgan fingerprint density at radius 3 is 2.96 bits per heavy atom. The molecule has 1 N–H and O–H groups in total. The summed E-state index contributed by atoms with van der Waals surface area (Å²) in [5, 5.41) is 3.41. The molecule has 0 spiro atoms. The number of carbonyl (C=O) groups is 1. The van der Waals surface area contributed by atoms with Crippen LogP contribution in [0.25, 0.3) is 0 Å². The molecule has 1 atom stereocenters. The molecule has 0 radical (unpaired) electrons. The van der Waals surface area contributed by atoms with Crippen LogP contribution in [0.1, 0.15) is 24.0 Å². The van der Waals surface area contributed by atoms with Gasteiger partial charge in [-0.05, 0) is 49.5 Å². The molecule has 1 aromatic heterocycles. The van der Waals surface area contributed by atoms with Crippen LogP contribution < -0.4 is 15.1 Å². The number of halogens is 2. The number of rotatable bonds is 2. The van der Waals surface area contributed by atoms with E-state index >= 15 is 0 Å². The van der Waals surface area contributed by atoms with E-state index in [0.717, 1.165) is 24.9 Å². The monoisotopic (exact) mass is 375 g/mol. The Hall–Kier alpha value is -2.25. The van der Waals surface area contributed by atoms with E-state index in [-0.39, 0.29) is 23.9 Å². The van der Waals surface area contributed by atoms with Crippen LogP contribution in [0.5, 0.6) is 0 Å². The molecule has 1 aromatic carbocycles. The van der Waals surface area contributed by atoms with E-state index in [4.69, 9.17) is 11.6 Å². The maximum absolute atomic E-state index is 14.5. The van der Waals surface area contributed by atoms with Crippen molar-refractivity contribution >= 4 is 29.1 Å². The summed E-state index contributed by atoms with van der Waals surface area (Å²) in [7, 11) is 0. The van der Waals surface area contributed by atoms with Crippen LogP contribution in [0.4, 0.5) is 20.7 Å². The van der Waals surface area contributed by atoms with Crippen molar-refractivity contribution in [3.63, 3.8) is 0 Å². The summed E-state index contributed by atoms with van der Waals surface area (Å²) in [5.74, 6) is 0.104. The zero-order chi connectivity index (χ0) is 18.3. The number of piperidine rings is 1. The second-order valence-corrected chi connectivity index (χ2v) is 6.97. The third-order valence-electron chi connectivity index (χ3n) is 4.90. The lowest BCUT2D eigenvalue weighted by atomic mass is 10.0. The van der Waals surface area contributed by atoms with Crippen molar-refractivity contribution < 1.29 is 9.18 Å². The zero-order valence-corrected chi connectivity index (χ0v) is 15.1. The standard InChI is InChI=1S/C18H19ClFN5O/c1-11-4-2-6-14(20)15(11)24-10-12-8-22-17(19)23-16(12)25(18(24)26)13-5-3-7-21-9-13/h2,4,6,8,13,21H,3,5,7,9-10H2,1H3/t13-/m0/s1. The highest BCUT2D eigenvalue weighted by Gasteiger charge is 2.39. The van der Waals surface area contributed by atoms with Gasteiger partial charge in [-0.15, -0.1) is 0 Å².